The number of alkyl halides is 3. The standard InChI is InChI=1S/C8H12F3NO2/c1-2-7(13)12-4-3-5-14-6-8(9,10)11/h2H,1,3-6H2,(H,12,13). The molecule has 6 heteroatoms. The summed E-state index contributed by atoms with van der Waals surface area (Å²) in [5, 5.41) is 2.41. The van der Waals surface area contributed by atoms with E-state index in [4.69, 9.17) is 0 Å². The van der Waals surface area contributed by atoms with Crippen molar-refractivity contribution in [3.05, 3.63) is 12.7 Å². The van der Waals surface area contributed by atoms with Crippen LogP contribution in [0.4, 0.5) is 13.2 Å². The molecule has 0 atom stereocenters. The summed E-state index contributed by atoms with van der Waals surface area (Å²) < 4.78 is 38.9. The van der Waals surface area contributed by atoms with Crippen LogP contribution in [-0.4, -0.2) is 31.8 Å². The smallest absolute Gasteiger partial charge is 0.372 e. The molecule has 14 heavy (non-hydrogen) atoms. The Bertz CT molecular complexity index is 192. The molecule has 0 aliphatic carbocycles. The Hall–Kier alpha value is -1.04. The molecule has 3 nitrogen and oxygen atoms in total. The molecule has 0 aliphatic rings. The molecule has 0 spiro atoms. The van der Waals surface area contributed by atoms with Crippen molar-refractivity contribution in [3.63, 3.8) is 0 Å². The Morgan fingerprint density at radius 3 is 2.64 bits per heavy atom. The molecule has 82 valence electrons. The van der Waals surface area contributed by atoms with Gasteiger partial charge in [0, 0.05) is 13.2 Å². The summed E-state index contributed by atoms with van der Waals surface area (Å²) in [5.41, 5.74) is 0. The molecule has 0 aromatic rings. The van der Waals surface area contributed by atoms with Crippen molar-refractivity contribution in [3.8, 4) is 0 Å². The van der Waals surface area contributed by atoms with Crippen molar-refractivity contribution in [1.29, 1.82) is 0 Å². The number of rotatable bonds is 6. The van der Waals surface area contributed by atoms with Crippen molar-refractivity contribution in [2.75, 3.05) is 19.8 Å². The fraction of sp³-hybridized carbons (Fsp3) is 0.625. The van der Waals surface area contributed by atoms with Gasteiger partial charge in [-0.2, -0.15) is 13.2 Å². The van der Waals surface area contributed by atoms with Crippen LogP contribution in [0.2, 0.25) is 0 Å². The highest BCUT2D eigenvalue weighted by Gasteiger charge is 2.27. The third-order valence-electron chi connectivity index (χ3n) is 1.22. The lowest BCUT2D eigenvalue weighted by Gasteiger charge is -2.07. The molecule has 0 bridgehead atoms. The van der Waals surface area contributed by atoms with Gasteiger partial charge in [0.1, 0.15) is 6.61 Å². The maximum atomic E-state index is 11.5. The van der Waals surface area contributed by atoms with Gasteiger partial charge >= 0.3 is 6.18 Å². The van der Waals surface area contributed by atoms with Gasteiger partial charge in [0.05, 0.1) is 0 Å². The second-order valence-electron chi connectivity index (χ2n) is 2.52. The average molecular weight is 211 g/mol. The molecule has 0 aromatic carbocycles. The minimum Gasteiger partial charge on any atom is -0.372 e. The van der Waals surface area contributed by atoms with Crippen LogP contribution in [0.1, 0.15) is 6.42 Å². The van der Waals surface area contributed by atoms with E-state index in [9.17, 15) is 18.0 Å². The summed E-state index contributed by atoms with van der Waals surface area (Å²) in [5.74, 6) is -0.346. The van der Waals surface area contributed by atoms with Gasteiger partial charge in [-0.3, -0.25) is 4.79 Å². The predicted molar refractivity (Wildman–Crippen MR) is 44.7 cm³/mol. The summed E-state index contributed by atoms with van der Waals surface area (Å²) >= 11 is 0. The molecule has 0 aliphatic heterocycles. The summed E-state index contributed by atoms with van der Waals surface area (Å²) in [4.78, 5) is 10.6. The van der Waals surface area contributed by atoms with Crippen LogP contribution in [0, 0.1) is 0 Å². The summed E-state index contributed by atoms with van der Waals surface area (Å²) in [6.45, 7) is 2.22. The topological polar surface area (TPSA) is 38.3 Å². The molecule has 0 radical (unpaired) electrons. The van der Waals surface area contributed by atoms with Crippen molar-refractivity contribution in [2.45, 2.75) is 12.6 Å². The first-order valence-electron chi connectivity index (χ1n) is 4.00. The molecule has 0 saturated carbocycles. The Labute approximate surface area is 79.9 Å². The Morgan fingerprint density at radius 1 is 1.50 bits per heavy atom. The van der Waals surface area contributed by atoms with Gasteiger partial charge in [-0.1, -0.05) is 6.58 Å². The van der Waals surface area contributed by atoms with Crippen molar-refractivity contribution >= 4 is 5.91 Å². The molecule has 0 fully saturated rings. The molecule has 0 heterocycles. The lowest BCUT2D eigenvalue weighted by molar-refractivity contribution is -0.174. The highest BCUT2D eigenvalue weighted by atomic mass is 19.4. The predicted octanol–water partition coefficient (Wildman–Crippen LogP) is 1.26. The molecule has 0 aromatic heterocycles. The molecule has 0 rings (SSSR count). The third kappa shape index (κ3) is 9.05. The normalized spacial score (nSPS) is 11.1. The lowest BCUT2D eigenvalue weighted by atomic mass is 10.4. The van der Waals surface area contributed by atoms with Crippen molar-refractivity contribution in [2.24, 2.45) is 0 Å². The second-order valence-corrected chi connectivity index (χ2v) is 2.52. The van der Waals surface area contributed by atoms with E-state index in [2.05, 4.69) is 16.6 Å². The van der Waals surface area contributed by atoms with Gasteiger partial charge in [0.2, 0.25) is 5.91 Å². The lowest BCUT2D eigenvalue weighted by Crippen LogP contribution is -2.24. The third-order valence-corrected chi connectivity index (χ3v) is 1.22. The van der Waals surface area contributed by atoms with E-state index in [1.807, 2.05) is 0 Å². The Kier molecular flexibility index (Phi) is 5.94. The van der Waals surface area contributed by atoms with Gasteiger partial charge < -0.3 is 10.1 Å². The minimum atomic E-state index is -4.29. The number of nitrogens with one attached hydrogen (secondary N) is 1. The summed E-state index contributed by atoms with van der Waals surface area (Å²) in [7, 11) is 0. The van der Waals surface area contributed by atoms with Crippen LogP contribution in [0.25, 0.3) is 0 Å². The fourth-order valence-corrected chi connectivity index (χ4v) is 0.646. The quantitative estimate of drug-likeness (QED) is 0.530. The maximum Gasteiger partial charge on any atom is 0.411 e. The Balaban J connectivity index is 3.22. The number of ether oxygens (including phenoxy) is 1. The molecule has 0 unspecified atom stereocenters. The van der Waals surface area contributed by atoms with Gasteiger partial charge in [-0.25, -0.2) is 0 Å². The zero-order valence-corrected chi connectivity index (χ0v) is 7.56. The van der Waals surface area contributed by atoms with Crippen LogP contribution >= 0.6 is 0 Å². The summed E-state index contributed by atoms with van der Waals surface area (Å²) in [6.07, 6.45) is -2.85. The van der Waals surface area contributed by atoms with Crippen LogP contribution in [0.3, 0.4) is 0 Å². The van der Waals surface area contributed by atoms with Crippen molar-refractivity contribution < 1.29 is 22.7 Å². The molecular weight excluding hydrogens is 199 g/mol. The Morgan fingerprint density at radius 2 is 2.14 bits per heavy atom. The van der Waals surface area contributed by atoms with E-state index in [-0.39, 0.29) is 19.1 Å². The first-order valence-corrected chi connectivity index (χ1v) is 4.00. The van der Waals surface area contributed by atoms with Gasteiger partial charge in [0.15, 0.2) is 0 Å². The first kappa shape index (κ1) is 13.0. The molecule has 1 N–H and O–H groups in total. The fourth-order valence-electron chi connectivity index (χ4n) is 0.646. The number of carbonyl (C=O) groups is 1. The summed E-state index contributed by atoms with van der Waals surface area (Å²) in [6, 6.07) is 0. The van der Waals surface area contributed by atoms with E-state index in [1.54, 1.807) is 0 Å². The van der Waals surface area contributed by atoms with Gasteiger partial charge in [-0.05, 0) is 12.5 Å². The second kappa shape index (κ2) is 6.42. The van der Waals surface area contributed by atoms with Gasteiger partial charge in [0.25, 0.3) is 0 Å². The van der Waals surface area contributed by atoms with E-state index in [0.29, 0.717) is 6.42 Å². The highest BCUT2D eigenvalue weighted by Crippen LogP contribution is 2.14. The molecule has 0 saturated heterocycles. The number of amides is 1. The SMILES string of the molecule is C=CC(=O)NCCCOCC(F)(F)F. The highest BCUT2D eigenvalue weighted by molar-refractivity contribution is 5.86. The minimum absolute atomic E-state index is 0.0308. The first-order chi connectivity index (χ1) is 6.45. The zero-order valence-electron chi connectivity index (χ0n) is 7.56. The van der Waals surface area contributed by atoms with Crippen molar-refractivity contribution in [1.82, 2.24) is 5.32 Å². The monoisotopic (exact) mass is 211 g/mol. The average Bonchev–Trinajstić information content (AvgIpc) is 2.08. The molecular formula is C8H12F3NO2. The van der Waals surface area contributed by atoms with Crippen LogP contribution in [-0.2, 0) is 9.53 Å². The van der Waals surface area contributed by atoms with Crippen LogP contribution in [0.15, 0.2) is 12.7 Å². The number of halogens is 3. The van der Waals surface area contributed by atoms with E-state index < -0.39 is 12.8 Å². The van der Waals surface area contributed by atoms with E-state index >= 15 is 0 Å². The van der Waals surface area contributed by atoms with E-state index in [0.717, 1.165) is 6.08 Å². The number of carbonyl (C=O) groups excluding carboxylic acids is 1. The number of hydrogen-bond donors (Lipinski definition) is 1. The van der Waals surface area contributed by atoms with Gasteiger partial charge in [-0.15, -0.1) is 0 Å². The zero-order chi connectivity index (χ0) is 11.0. The molecule has 1 amide bonds. The largest absolute Gasteiger partial charge is 0.411 e. The number of hydrogen-bond acceptors (Lipinski definition) is 2. The van der Waals surface area contributed by atoms with Crippen LogP contribution in [0.5, 0.6) is 0 Å². The van der Waals surface area contributed by atoms with Crippen LogP contribution < -0.4 is 5.32 Å². The van der Waals surface area contributed by atoms with E-state index in [1.165, 1.54) is 0 Å². The maximum absolute atomic E-state index is 11.5.